The molecule has 0 aliphatic heterocycles. The number of rotatable bonds is 9. The summed E-state index contributed by atoms with van der Waals surface area (Å²) in [7, 11) is 0. The molecule has 4 rings (SSSR count). The van der Waals surface area contributed by atoms with Crippen molar-refractivity contribution in [3.63, 3.8) is 0 Å². The number of carboxylic acids is 1. The number of nitrogens with one attached hydrogen (secondary N) is 2. The zero-order valence-electron chi connectivity index (χ0n) is 20.3. The third-order valence-corrected chi connectivity index (χ3v) is 7.42. The Labute approximate surface area is 206 Å². The number of alkyl carbamates (subject to hydrolysis) is 1. The van der Waals surface area contributed by atoms with Crippen molar-refractivity contribution < 1.29 is 24.2 Å². The number of carboxylic acid groups (broad SMARTS) is 1. The smallest absolute Gasteiger partial charge is 0.407 e. The summed E-state index contributed by atoms with van der Waals surface area (Å²) in [4.78, 5) is 36.6. The van der Waals surface area contributed by atoms with Crippen LogP contribution in [0.15, 0.2) is 48.5 Å². The van der Waals surface area contributed by atoms with Crippen molar-refractivity contribution in [1.82, 2.24) is 10.6 Å². The molecule has 2 aliphatic carbocycles. The normalized spacial score (nSPS) is 19.6. The zero-order valence-corrected chi connectivity index (χ0v) is 20.3. The molecule has 0 bridgehead atoms. The van der Waals surface area contributed by atoms with E-state index in [-0.39, 0.29) is 48.6 Å². The van der Waals surface area contributed by atoms with Gasteiger partial charge in [0, 0.05) is 18.5 Å². The van der Waals surface area contributed by atoms with Gasteiger partial charge in [0.25, 0.3) is 0 Å². The zero-order chi connectivity index (χ0) is 24.9. The van der Waals surface area contributed by atoms with Crippen LogP contribution in [-0.2, 0) is 14.3 Å². The number of ether oxygens (including phenoxy) is 1. The van der Waals surface area contributed by atoms with Crippen molar-refractivity contribution in [2.75, 3.05) is 13.2 Å². The summed E-state index contributed by atoms with van der Waals surface area (Å²) in [5, 5.41) is 14.9. The lowest BCUT2D eigenvalue weighted by Crippen LogP contribution is -2.45. The number of hydrogen-bond donors (Lipinski definition) is 3. The molecule has 0 heterocycles. The molecule has 7 heteroatoms. The van der Waals surface area contributed by atoms with Crippen LogP contribution in [0.4, 0.5) is 4.79 Å². The highest BCUT2D eigenvalue weighted by Gasteiger charge is 2.35. The van der Waals surface area contributed by atoms with Gasteiger partial charge in [-0.15, -0.1) is 0 Å². The largest absolute Gasteiger partial charge is 0.481 e. The second kappa shape index (κ2) is 10.9. The molecule has 186 valence electrons. The lowest BCUT2D eigenvalue weighted by Gasteiger charge is -2.24. The molecule has 3 atom stereocenters. The number of carbonyl (C=O) groups is 3. The molecule has 35 heavy (non-hydrogen) atoms. The summed E-state index contributed by atoms with van der Waals surface area (Å²) in [6.07, 6.45) is 1.75. The van der Waals surface area contributed by atoms with Crippen LogP contribution in [0, 0.1) is 17.8 Å². The summed E-state index contributed by atoms with van der Waals surface area (Å²) < 4.78 is 5.66. The Bertz CT molecular complexity index is 1040. The molecule has 1 saturated carbocycles. The maximum absolute atomic E-state index is 12.8. The Hall–Kier alpha value is -3.35. The van der Waals surface area contributed by atoms with Gasteiger partial charge in [0.1, 0.15) is 6.61 Å². The van der Waals surface area contributed by atoms with Gasteiger partial charge in [-0.3, -0.25) is 9.59 Å². The molecule has 1 fully saturated rings. The monoisotopic (exact) mass is 478 g/mol. The van der Waals surface area contributed by atoms with Crippen molar-refractivity contribution in [2.45, 2.75) is 51.5 Å². The van der Waals surface area contributed by atoms with Gasteiger partial charge in [-0.1, -0.05) is 68.8 Å². The van der Waals surface area contributed by atoms with Crippen molar-refractivity contribution >= 4 is 18.0 Å². The minimum atomic E-state index is -0.867. The maximum Gasteiger partial charge on any atom is 0.407 e. The van der Waals surface area contributed by atoms with Gasteiger partial charge in [0.05, 0.1) is 12.3 Å². The number of benzene rings is 2. The first-order chi connectivity index (χ1) is 16.8. The summed E-state index contributed by atoms with van der Waals surface area (Å²) in [6.45, 7) is 4.46. The number of hydrogen-bond acceptors (Lipinski definition) is 4. The summed E-state index contributed by atoms with van der Waals surface area (Å²) >= 11 is 0. The second-order valence-corrected chi connectivity index (χ2v) is 9.96. The van der Waals surface area contributed by atoms with E-state index in [0.717, 1.165) is 17.5 Å². The van der Waals surface area contributed by atoms with E-state index in [1.165, 1.54) is 11.1 Å². The minimum Gasteiger partial charge on any atom is -0.481 e. The molecule has 0 radical (unpaired) electrons. The first kappa shape index (κ1) is 24.8. The fourth-order valence-electron chi connectivity index (χ4n) is 5.37. The molecule has 2 aromatic rings. The van der Waals surface area contributed by atoms with Crippen LogP contribution in [0.3, 0.4) is 0 Å². The third kappa shape index (κ3) is 5.66. The van der Waals surface area contributed by atoms with Gasteiger partial charge >= 0.3 is 12.1 Å². The van der Waals surface area contributed by atoms with Gasteiger partial charge in [-0.05, 0) is 46.9 Å². The van der Waals surface area contributed by atoms with E-state index in [2.05, 4.69) is 34.9 Å². The summed E-state index contributed by atoms with van der Waals surface area (Å²) in [6, 6.07) is 16.1. The molecule has 3 N–H and O–H groups in total. The Morgan fingerprint density at radius 1 is 1.00 bits per heavy atom. The van der Waals surface area contributed by atoms with Crippen molar-refractivity contribution in [3.05, 3.63) is 59.7 Å². The van der Waals surface area contributed by atoms with Crippen LogP contribution in [0.5, 0.6) is 0 Å². The van der Waals surface area contributed by atoms with Crippen LogP contribution in [-0.4, -0.2) is 42.3 Å². The van der Waals surface area contributed by atoms with E-state index in [4.69, 9.17) is 9.84 Å². The molecule has 2 aliphatic rings. The van der Waals surface area contributed by atoms with Crippen molar-refractivity contribution in [1.29, 1.82) is 0 Å². The number of amides is 2. The van der Waals surface area contributed by atoms with E-state index >= 15 is 0 Å². The van der Waals surface area contributed by atoms with Gasteiger partial charge in [0.15, 0.2) is 0 Å². The van der Waals surface area contributed by atoms with E-state index in [1.54, 1.807) is 0 Å². The standard InChI is InChI=1S/C28H34N2O5/c1-17(2)18(14-26(31)32)15-29-27(33)23-12-7-13-25(23)30-28(34)35-16-24-21-10-5-3-8-19(21)20-9-4-6-11-22(20)24/h3-6,8-11,17-18,23-25H,7,12-16H2,1-2H3,(H,29,33)(H,30,34)(H,31,32)/t18?,23-,25+/m1/s1. The lowest BCUT2D eigenvalue weighted by atomic mass is 9.92. The summed E-state index contributed by atoms with van der Waals surface area (Å²) in [5.41, 5.74) is 4.65. The predicted molar refractivity (Wildman–Crippen MR) is 133 cm³/mol. The maximum atomic E-state index is 12.8. The second-order valence-electron chi connectivity index (χ2n) is 9.96. The van der Waals surface area contributed by atoms with Crippen LogP contribution in [0.2, 0.25) is 0 Å². The first-order valence-electron chi connectivity index (χ1n) is 12.5. The predicted octanol–water partition coefficient (Wildman–Crippen LogP) is 4.56. The highest BCUT2D eigenvalue weighted by molar-refractivity contribution is 5.81. The Balaban J connectivity index is 1.32. The molecule has 0 spiro atoms. The molecule has 2 aromatic carbocycles. The highest BCUT2D eigenvalue weighted by atomic mass is 16.5. The van der Waals surface area contributed by atoms with Crippen LogP contribution in [0.1, 0.15) is 56.6 Å². The summed E-state index contributed by atoms with van der Waals surface area (Å²) in [5.74, 6) is -1.35. The van der Waals surface area contributed by atoms with E-state index in [1.807, 2.05) is 38.1 Å². The van der Waals surface area contributed by atoms with Gasteiger partial charge in [-0.25, -0.2) is 4.79 Å². The first-order valence-corrected chi connectivity index (χ1v) is 12.5. The molecule has 0 aromatic heterocycles. The van der Waals surface area contributed by atoms with E-state index < -0.39 is 12.1 Å². The molecule has 2 amide bonds. The quantitative estimate of drug-likeness (QED) is 0.490. The fraction of sp³-hybridized carbons (Fsp3) is 0.464. The average Bonchev–Trinajstić information content (AvgIpc) is 3.42. The van der Waals surface area contributed by atoms with Gasteiger partial charge in [0.2, 0.25) is 5.91 Å². The molecule has 0 saturated heterocycles. The van der Waals surface area contributed by atoms with Gasteiger partial charge < -0.3 is 20.5 Å². The van der Waals surface area contributed by atoms with Crippen LogP contribution < -0.4 is 10.6 Å². The Kier molecular flexibility index (Phi) is 7.73. The van der Waals surface area contributed by atoms with Crippen molar-refractivity contribution in [3.8, 4) is 11.1 Å². The average molecular weight is 479 g/mol. The Morgan fingerprint density at radius 3 is 2.23 bits per heavy atom. The third-order valence-electron chi connectivity index (χ3n) is 7.42. The number of aliphatic carboxylic acids is 1. The molecular formula is C28H34N2O5. The minimum absolute atomic E-state index is 0.0157. The molecule has 1 unspecified atom stereocenters. The van der Waals surface area contributed by atoms with Crippen LogP contribution >= 0.6 is 0 Å². The number of carbonyl (C=O) groups excluding carboxylic acids is 2. The lowest BCUT2D eigenvalue weighted by molar-refractivity contribution is -0.138. The van der Waals surface area contributed by atoms with Gasteiger partial charge in [-0.2, -0.15) is 0 Å². The SMILES string of the molecule is CC(C)C(CNC(=O)[C@@H]1CCC[C@@H]1NC(=O)OCC1c2ccccc2-c2ccccc21)CC(=O)O. The highest BCUT2D eigenvalue weighted by Crippen LogP contribution is 2.44. The topological polar surface area (TPSA) is 105 Å². The van der Waals surface area contributed by atoms with E-state index in [0.29, 0.717) is 19.4 Å². The Morgan fingerprint density at radius 2 is 1.63 bits per heavy atom. The van der Waals surface area contributed by atoms with Crippen LogP contribution in [0.25, 0.3) is 11.1 Å². The fourth-order valence-corrected chi connectivity index (χ4v) is 5.37. The number of fused-ring (bicyclic) bond motifs is 3. The molecular weight excluding hydrogens is 444 g/mol. The molecule has 7 nitrogen and oxygen atoms in total. The van der Waals surface area contributed by atoms with E-state index in [9.17, 15) is 14.4 Å². The van der Waals surface area contributed by atoms with Crippen molar-refractivity contribution in [2.24, 2.45) is 17.8 Å².